The Morgan fingerprint density at radius 2 is 2.19 bits per heavy atom. The van der Waals surface area contributed by atoms with E-state index >= 15 is 0 Å². The molecule has 0 bridgehead atoms. The third-order valence-electron chi connectivity index (χ3n) is 2.63. The zero-order valence-electron chi connectivity index (χ0n) is 12.6. The van der Waals surface area contributed by atoms with Crippen molar-refractivity contribution in [2.75, 3.05) is 51.1 Å². The lowest BCUT2D eigenvalue weighted by atomic mass is 10.2. The van der Waals surface area contributed by atoms with E-state index in [4.69, 9.17) is 19.9 Å². The molecule has 118 valence electrons. The molecule has 0 spiro atoms. The molecule has 0 radical (unpaired) electrons. The van der Waals surface area contributed by atoms with Gasteiger partial charge >= 0.3 is 5.97 Å². The van der Waals surface area contributed by atoms with Crippen molar-refractivity contribution in [1.82, 2.24) is 4.98 Å². The standard InChI is InChI=1S/C14H23N3O4/c1-3-21-14(18)11-9-13(17-10-12(11)15)16-5-4-6-20-8-7-19-2/h9-10H,3-8,15H2,1-2H3,(H,16,17). The number of nitrogens with two attached hydrogens (primary N) is 1. The van der Waals surface area contributed by atoms with Gasteiger partial charge in [0.25, 0.3) is 0 Å². The minimum atomic E-state index is -0.441. The highest BCUT2D eigenvalue weighted by Crippen LogP contribution is 2.16. The molecule has 7 heteroatoms. The molecule has 7 nitrogen and oxygen atoms in total. The zero-order valence-corrected chi connectivity index (χ0v) is 12.6. The van der Waals surface area contributed by atoms with Gasteiger partial charge in [0.05, 0.1) is 37.3 Å². The van der Waals surface area contributed by atoms with Gasteiger partial charge in [0.1, 0.15) is 5.82 Å². The molecule has 0 amide bonds. The number of nitrogens with zero attached hydrogens (tertiary/aromatic N) is 1. The van der Waals surface area contributed by atoms with Crippen molar-refractivity contribution in [3.8, 4) is 0 Å². The number of nitrogen functional groups attached to an aromatic ring is 1. The summed E-state index contributed by atoms with van der Waals surface area (Å²) in [6.07, 6.45) is 2.27. The van der Waals surface area contributed by atoms with Gasteiger partial charge in [0.15, 0.2) is 0 Å². The maximum absolute atomic E-state index is 11.7. The van der Waals surface area contributed by atoms with Crippen molar-refractivity contribution in [2.24, 2.45) is 0 Å². The van der Waals surface area contributed by atoms with Crippen molar-refractivity contribution < 1.29 is 19.0 Å². The number of ether oxygens (including phenoxy) is 3. The Labute approximate surface area is 124 Å². The van der Waals surface area contributed by atoms with Gasteiger partial charge in [-0.2, -0.15) is 0 Å². The number of anilines is 2. The number of carbonyl (C=O) groups is 1. The van der Waals surface area contributed by atoms with Crippen molar-refractivity contribution in [3.63, 3.8) is 0 Å². The van der Waals surface area contributed by atoms with Crippen molar-refractivity contribution >= 4 is 17.5 Å². The van der Waals surface area contributed by atoms with Gasteiger partial charge in [-0.15, -0.1) is 0 Å². The third-order valence-corrected chi connectivity index (χ3v) is 2.63. The molecule has 1 aromatic heterocycles. The third kappa shape index (κ3) is 6.42. The number of aromatic nitrogens is 1. The number of esters is 1. The van der Waals surface area contributed by atoms with E-state index in [-0.39, 0.29) is 0 Å². The van der Waals surface area contributed by atoms with Crippen molar-refractivity contribution in [2.45, 2.75) is 13.3 Å². The Kier molecular flexibility index (Phi) is 8.15. The van der Waals surface area contributed by atoms with Crippen LogP contribution < -0.4 is 11.1 Å². The maximum atomic E-state index is 11.7. The largest absolute Gasteiger partial charge is 0.462 e. The number of hydrogen-bond donors (Lipinski definition) is 2. The fourth-order valence-electron chi connectivity index (χ4n) is 1.58. The summed E-state index contributed by atoms with van der Waals surface area (Å²) in [7, 11) is 1.64. The quantitative estimate of drug-likeness (QED) is 0.496. The van der Waals surface area contributed by atoms with Crippen LogP contribution in [0.25, 0.3) is 0 Å². The minimum Gasteiger partial charge on any atom is -0.462 e. The Morgan fingerprint density at radius 3 is 2.90 bits per heavy atom. The molecule has 0 fully saturated rings. The summed E-state index contributed by atoms with van der Waals surface area (Å²) in [6.45, 7) is 4.56. The molecule has 0 aromatic carbocycles. The van der Waals surface area contributed by atoms with Crippen LogP contribution in [0.15, 0.2) is 12.3 Å². The highest BCUT2D eigenvalue weighted by molar-refractivity contribution is 5.95. The Bertz CT molecular complexity index is 440. The van der Waals surface area contributed by atoms with E-state index in [1.165, 1.54) is 6.20 Å². The van der Waals surface area contributed by atoms with E-state index in [9.17, 15) is 4.79 Å². The molecule has 0 aliphatic carbocycles. The van der Waals surface area contributed by atoms with Gasteiger partial charge in [0.2, 0.25) is 0 Å². The molecule has 0 saturated carbocycles. The first-order valence-corrected chi connectivity index (χ1v) is 6.92. The van der Waals surface area contributed by atoms with Gasteiger partial charge in [-0.25, -0.2) is 9.78 Å². The number of nitrogens with one attached hydrogen (secondary N) is 1. The fraction of sp³-hybridized carbons (Fsp3) is 0.571. The van der Waals surface area contributed by atoms with Crippen LogP contribution in [0.4, 0.5) is 11.5 Å². The van der Waals surface area contributed by atoms with Crippen LogP contribution >= 0.6 is 0 Å². The molecular formula is C14H23N3O4. The van der Waals surface area contributed by atoms with Crippen LogP contribution in [0, 0.1) is 0 Å². The van der Waals surface area contributed by atoms with Crippen molar-refractivity contribution in [1.29, 1.82) is 0 Å². The topological polar surface area (TPSA) is 95.7 Å². The number of pyridine rings is 1. The molecular weight excluding hydrogens is 274 g/mol. The van der Waals surface area contributed by atoms with Crippen molar-refractivity contribution in [3.05, 3.63) is 17.8 Å². The lowest BCUT2D eigenvalue weighted by Crippen LogP contribution is -2.12. The van der Waals surface area contributed by atoms with E-state index in [1.54, 1.807) is 20.1 Å². The lowest BCUT2D eigenvalue weighted by Gasteiger charge is -2.09. The first-order valence-electron chi connectivity index (χ1n) is 6.92. The molecule has 0 atom stereocenters. The van der Waals surface area contributed by atoms with Gasteiger partial charge < -0.3 is 25.3 Å². The highest BCUT2D eigenvalue weighted by Gasteiger charge is 2.12. The van der Waals surface area contributed by atoms with Gasteiger partial charge in [-0.05, 0) is 19.4 Å². The Hall–Kier alpha value is -1.86. The fourth-order valence-corrected chi connectivity index (χ4v) is 1.58. The summed E-state index contributed by atoms with van der Waals surface area (Å²) in [5, 5.41) is 3.11. The summed E-state index contributed by atoms with van der Waals surface area (Å²) < 4.78 is 15.2. The number of carbonyl (C=O) groups excluding carboxylic acids is 1. The Balaban J connectivity index is 2.38. The van der Waals surface area contributed by atoms with Gasteiger partial charge in [-0.3, -0.25) is 0 Å². The number of hydrogen-bond acceptors (Lipinski definition) is 7. The van der Waals surface area contributed by atoms with E-state index in [0.717, 1.165) is 6.42 Å². The predicted octanol–water partition coefficient (Wildman–Crippen LogP) is 1.31. The molecule has 21 heavy (non-hydrogen) atoms. The maximum Gasteiger partial charge on any atom is 0.340 e. The first kappa shape index (κ1) is 17.2. The summed E-state index contributed by atoms with van der Waals surface area (Å²) in [5.74, 6) is 0.146. The smallest absolute Gasteiger partial charge is 0.340 e. The molecule has 3 N–H and O–H groups in total. The lowest BCUT2D eigenvalue weighted by molar-refractivity contribution is 0.0527. The number of rotatable bonds is 10. The predicted molar refractivity (Wildman–Crippen MR) is 80.4 cm³/mol. The van der Waals surface area contributed by atoms with Crippen LogP contribution in [0.3, 0.4) is 0 Å². The second-order valence-corrected chi connectivity index (χ2v) is 4.26. The van der Waals surface area contributed by atoms with E-state index < -0.39 is 5.97 Å². The van der Waals surface area contributed by atoms with Crippen LogP contribution in [-0.2, 0) is 14.2 Å². The van der Waals surface area contributed by atoms with Crippen LogP contribution in [0.2, 0.25) is 0 Å². The van der Waals surface area contributed by atoms with E-state index in [0.29, 0.717) is 50.0 Å². The number of methoxy groups -OCH3 is 1. The normalized spacial score (nSPS) is 10.4. The first-order chi connectivity index (χ1) is 10.2. The Morgan fingerprint density at radius 1 is 1.38 bits per heavy atom. The monoisotopic (exact) mass is 297 g/mol. The average molecular weight is 297 g/mol. The molecule has 0 aliphatic heterocycles. The highest BCUT2D eigenvalue weighted by atomic mass is 16.5. The molecule has 0 aliphatic rings. The summed E-state index contributed by atoms with van der Waals surface area (Å²) in [6, 6.07) is 1.60. The van der Waals surface area contributed by atoms with E-state index in [1.807, 2.05) is 0 Å². The zero-order chi connectivity index (χ0) is 15.5. The SMILES string of the molecule is CCOC(=O)c1cc(NCCCOCCOC)ncc1N. The van der Waals surface area contributed by atoms with E-state index in [2.05, 4.69) is 10.3 Å². The summed E-state index contributed by atoms with van der Waals surface area (Å²) >= 11 is 0. The molecule has 1 rings (SSSR count). The average Bonchev–Trinajstić information content (AvgIpc) is 2.48. The van der Waals surface area contributed by atoms with Gasteiger partial charge in [-0.1, -0.05) is 0 Å². The second kappa shape index (κ2) is 9.95. The second-order valence-electron chi connectivity index (χ2n) is 4.26. The molecule has 1 aromatic rings. The molecule has 0 saturated heterocycles. The molecule has 1 heterocycles. The molecule has 0 unspecified atom stereocenters. The summed E-state index contributed by atoms with van der Waals surface area (Å²) in [5.41, 5.74) is 6.35. The van der Waals surface area contributed by atoms with Crippen LogP contribution in [-0.4, -0.2) is 51.0 Å². The van der Waals surface area contributed by atoms with Gasteiger partial charge in [0, 0.05) is 20.3 Å². The summed E-state index contributed by atoms with van der Waals surface area (Å²) in [4.78, 5) is 15.8. The van der Waals surface area contributed by atoms with Crippen LogP contribution in [0.5, 0.6) is 0 Å². The van der Waals surface area contributed by atoms with Crippen LogP contribution in [0.1, 0.15) is 23.7 Å². The minimum absolute atomic E-state index is 0.307.